The fourth-order valence-corrected chi connectivity index (χ4v) is 3.56. The van der Waals surface area contributed by atoms with Crippen molar-refractivity contribution >= 4 is 5.96 Å². The topological polar surface area (TPSA) is 59.9 Å². The van der Waals surface area contributed by atoms with Gasteiger partial charge in [-0.3, -0.25) is 9.89 Å². The van der Waals surface area contributed by atoms with Crippen LogP contribution in [-0.2, 0) is 0 Å². The Morgan fingerprint density at radius 1 is 1.19 bits per heavy atom. The molecule has 3 N–H and O–H groups in total. The lowest BCUT2D eigenvalue weighted by atomic mass is 9.72. The Bertz CT molecular complexity index is 404. The minimum atomic E-state index is -4.15. The van der Waals surface area contributed by atoms with Gasteiger partial charge < -0.3 is 15.7 Å². The van der Waals surface area contributed by atoms with Gasteiger partial charge in [-0.25, -0.2) is 0 Å². The van der Waals surface area contributed by atoms with E-state index in [1.165, 1.54) is 31.2 Å². The predicted molar refractivity (Wildman–Crippen MR) is 99.4 cm³/mol. The average molecular weight is 380 g/mol. The molecule has 0 aromatic heterocycles. The van der Waals surface area contributed by atoms with Gasteiger partial charge in [-0.15, -0.1) is 0 Å². The van der Waals surface area contributed by atoms with Crippen molar-refractivity contribution in [2.45, 2.75) is 58.0 Å². The van der Waals surface area contributed by atoms with E-state index >= 15 is 0 Å². The van der Waals surface area contributed by atoms with Crippen molar-refractivity contribution in [3.05, 3.63) is 0 Å². The molecule has 1 aliphatic rings. The van der Waals surface area contributed by atoms with Crippen molar-refractivity contribution in [3.8, 4) is 0 Å². The maximum absolute atomic E-state index is 12.3. The number of aliphatic hydroxyl groups is 1. The van der Waals surface area contributed by atoms with E-state index in [2.05, 4.69) is 10.6 Å². The molecule has 0 aromatic rings. The van der Waals surface area contributed by atoms with E-state index in [1.54, 1.807) is 0 Å². The monoisotopic (exact) mass is 380 g/mol. The first-order valence-corrected chi connectivity index (χ1v) is 9.68. The third-order valence-corrected chi connectivity index (χ3v) is 4.93. The largest absolute Gasteiger partial charge is 0.401 e. The van der Waals surface area contributed by atoms with E-state index in [1.807, 2.05) is 6.92 Å². The van der Waals surface area contributed by atoms with Gasteiger partial charge in [0.05, 0.1) is 6.54 Å². The SMILES string of the molecule is CCNC(=NCC1(CCO)CCCCC1)NCCCN(C)CC(F)(F)F. The first-order valence-electron chi connectivity index (χ1n) is 9.68. The molecule has 0 radical (unpaired) electrons. The number of alkyl halides is 3. The highest BCUT2D eigenvalue weighted by Gasteiger charge is 2.31. The van der Waals surface area contributed by atoms with Gasteiger partial charge in [-0.2, -0.15) is 13.2 Å². The number of aliphatic imine (C=N–C) groups is 1. The van der Waals surface area contributed by atoms with Gasteiger partial charge in [-0.1, -0.05) is 19.3 Å². The number of hydrogen-bond donors (Lipinski definition) is 3. The maximum Gasteiger partial charge on any atom is 0.401 e. The lowest BCUT2D eigenvalue weighted by molar-refractivity contribution is -0.143. The number of nitrogens with zero attached hydrogens (tertiary/aromatic N) is 2. The summed E-state index contributed by atoms with van der Waals surface area (Å²) in [6, 6.07) is 0. The zero-order valence-corrected chi connectivity index (χ0v) is 16.2. The summed E-state index contributed by atoms with van der Waals surface area (Å²) in [4.78, 5) is 5.98. The fraction of sp³-hybridized carbons (Fsp3) is 0.944. The van der Waals surface area contributed by atoms with Crippen LogP contribution in [-0.4, -0.2) is 68.5 Å². The molecule has 8 heteroatoms. The van der Waals surface area contributed by atoms with Gasteiger partial charge >= 0.3 is 6.18 Å². The molecule has 0 aromatic carbocycles. The van der Waals surface area contributed by atoms with E-state index in [4.69, 9.17) is 4.99 Å². The van der Waals surface area contributed by atoms with Gasteiger partial charge in [0, 0.05) is 26.2 Å². The molecule has 5 nitrogen and oxygen atoms in total. The van der Waals surface area contributed by atoms with Crippen LogP contribution in [0.2, 0.25) is 0 Å². The fourth-order valence-electron chi connectivity index (χ4n) is 3.56. The number of aliphatic hydroxyl groups excluding tert-OH is 1. The van der Waals surface area contributed by atoms with E-state index in [-0.39, 0.29) is 12.0 Å². The Balaban J connectivity index is 2.45. The minimum absolute atomic E-state index is 0.0856. The minimum Gasteiger partial charge on any atom is -0.396 e. The second kappa shape index (κ2) is 11.6. The second-order valence-corrected chi connectivity index (χ2v) is 7.36. The Labute approximate surface area is 155 Å². The lowest BCUT2D eigenvalue weighted by Crippen LogP contribution is -2.40. The standard InChI is InChI=1S/C18H35F3N4O/c1-3-22-16(23-11-7-12-25(2)15-18(19,20)21)24-14-17(10-13-26)8-5-4-6-9-17/h26H,3-15H2,1-2H3,(H2,22,23,24). The summed E-state index contributed by atoms with van der Waals surface area (Å²) in [6.45, 7) is 3.64. The van der Waals surface area contributed by atoms with Crippen LogP contribution in [0, 0.1) is 5.41 Å². The zero-order chi connectivity index (χ0) is 19.5. The van der Waals surface area contributed by atoms with Crippen LogP contribution in [0.3, 0.4) is 0 Å². The Kier molecular flexibility index (Phi) is 10.3. The van der Waals surface area contributed by atoms with Crippen molar-refractivity contribution in [1.82, 2.24) is 15.5 Å². The van der Waals surface area contributed by atoms with Gasteiger partial charge in [0.2, 0.25) is 0 Å². The summed E-state index contributed by atoms with van der Waals surface area (Å²) in [5, 5.41) is 15.8. The van der Waals surface area contributed by atoms with Crippen LogP contribution < -0.4 is 10.6 Å². The van der Waals surface area contributed by atoms with Crippen LogP contribution >= 0.6 is 0 Å². The molecule has 1 aliphatic carbocycles. The first kappa shape index (κ1) is 23.0. The number of guanidine groups is 1. The smallest absolute Gasteiger partial charge is 0.396 e. The van der Waals surface area contributed by atoms with Crippen molar-refractivity contribution in [3.63, 3.8) is 0 Å². The summed E-state index contributed by atoms with van der Waals surface area (Å²) < 4.78 is 36.9. The number of nitrogens with one attached hydrogen (secondary N) is 2. The average Bonchev–Trinajstić information content (AvgIpc) is 2.56. The normalized spacial score (nSPS) is 18.2. The second-order valence-electron chi connectivity index (χ2n) is 7.36. The molecule has 1 saturated carbocycles. The number of halogens is 3. The molecule has 0 spiro atoms. The molecule has 0 aliphatic heterocycles. The van der Waals surface area contributed by atoms with Crippen LogP contribution in [0.15, 0.2) is 4.99 Å². The lowest BCUT2D eigenvalue weighted by Gasteiger charge is -2.35. The van der Waals surface area contributed by atoms with Gasteiger partial charge in [0.1, 0.15) is 0 Å². The van der Waals surface area contributed by atoms with E-state index in [0.29, 0.717) is 32.0 Å². The Morgan fingerprint density at radius 2 is 1.88 bits per heavy atom. The van der Waals surface area contributed by atoms with Crippen molar-refractivity contribution in [2.24, 2.45) is 10.4 Å². The molecular formula is C18H35F3N4O. The van der Waals surface area contributed by atoms with Crippen LogP contribution in [0.4, 0.5) is 13.2 Å². The summed E-state index contributed by atoms with van der Waals surface area (Å²) >= 11 is 0. The third kappa shape index (κ3) is 9.62. The molecule has 0 bridgehead atoms. The van der Waals surface area contributed by atoms with Crippen LogP contribution in [0.5, 0.6) is 0 Å². The Morgan fingerprint density at radius 3 is 2.46 bits per heavy atom. The first-order chi connectivity index (χ1) is 12.3. The van der Waals surface area contributed by atoms with Crippen molar-refractivity contribution in [1.29, 1.82) is 0 Å². The molecule has 1 rings (SSSR count). The summed E-state index contributed by atoms with van der Waals surface area (Å²) in [6.07, 6.45) is 3.05. The van der Waals surface area contributed by atoms with Crippen LogP contribution in [0.25, 0.3) is 0 Å². The van der Waals surface area contributed by atoms with Crippen molar-refractivity contribution in [2.75, 3.05) is 46.4 Å². The Hall–Kier alpha value is -1.02. The molecular weight excluding hydrogens is 345 g/mol. The molecule has 0 atom stereocenters. The van der Waals surface area contributed by atoms with Gasteiger partial charge in [0.15, 0.2) is 5.96 Å². The predicted octanol–water partition coefficient (Wildman–Crippen LogP) is 2.76. The highest BCUT2D eigenvalue weighted by molar-refractivity contribution is 5.79. The summed E-state index contributed by atoms with van der Waals surface area (Å²) in [7, 11) is 1.48. The molecule has 154 valence electrons. The highest BCUT2D eigenvalue weighted by Crippen LogP contribution is 2.39. The molecule has 0 saturated heterocycles. The van der Waals surface area contributed by atoms with E-state index < -0.39 is 12.7 Å². The zero-order valence-electron chi connectivity index (χ0n) is 16.2. The van der Waals surface area contributed by atoms with E-state index in [0.717, 1.165) is 25.8 Å². The molecule has 0 heterocycles. The van der Waals surface area contributed by atoms with Crippen molar-refractivity contribution < 1.29 is 18.3 Å². The number of rotatable bonds is 10. The van der Waals surface area contributed by atoms with Gasteiger partial charge in [-0.05, 0) is 51.6 Å². The third-order valence-electron chi connectivity index (χ3n) is 4.93. The number of hydrogen-bond acceptors (Lipinski definition) is 3. The molecule has 26 heavy (non-hydrogen) atoms. The van der Waals surface area contributed by atoms with Crippen LogP contribution in [0.1, 0.15) is 51.9 Å². The summed E-state index contributed by atoms with van der Waals surface area (Å²) in [5.41, 5.74) is 0.0856. The quantitative estimate of drug-likeness (QED) is 0.310. The van der Waals surface area contributed by atoms with Gasteiger partial charge in [0.25, 0.3) is 0 Å². The molecule has 0 amide bonds. The highest BCUT2D eigenvalue weighted by atomic mass is 19.4. The molecule has 0 unspecified atom stereocenters. The molecule has 1 fully saturated rings. The van der Waals surface area contributed by atoms with E-state index in [9.17, 15) is 18.3 Å². The summed E-state index contributed by atoms with van der Waals surface area (Å²) in [5.74, 6) is 0.703. The maximum atomic E-state index is 12.3.